The Morgan fingerprint density at radius 1 is 1.33 bits per heavy atom. The second kappa shape index (κ2) is 3.57. The van der Waals surface area contributed by atoms with Gasteiger partial charge in [0.25, 0.3) is 0 Å². The molecule has 94 valence electrons. The molecule has 0 N–H and O–H groups in total. The number of ether oxygens (including phenoxy) is 1. The summed E-state index contributed by atoms with van der Waals surface area (Å²) in [7, 11) is 1.77. The monoisotopic (exact) mass is 245 g/mol. The average Bonchev–Trinajstić information content (AvgIpc) is 2.58. The van der Waals surface area contributed by atoms with Gasteiger partial charge in [-0.1, -0.05) is 25.1 Å². The number of carbonyl (C=O) groups is 2. The number of para-hydroxylation sites is 1. The highest BCUT2D eigenvalue weighted by molar-refractivity contribution is 6.08. The van der Waals surface area contributed by atoms with Gasteiger partial charge >= 0.3 is 5.97 Å². The first-order chi connectivity index (χ1) is 8.56. The van der Waals surface area contributed by atoms with Crippen LogP contribution in [0.3, 0.4) is 0 Å². The number of cyclic esters (lactones) is 1. The van der Waals surface area contributed by atoms with Crippen molar-refractivity contribution in [2.45, 2.75) is 18.8 Å². The zero-order valence-electron chi connectivity index (χ0n) is 10.5. The number of hydrogen-bond donors (Lipinski definition) is 0. The molecule has 1 saturated heterocycles. The van der Waals surface area contributed by atoms with Crippen LogP contribution in [0.1, 0.15) is 18.9 Å². The van der Waals surface area contributed by atoms with E-state index in [1.165, 1.54) is 0 Å². The average molecular weight is 245 g/mol. The van der Waals surface area contributed by atoms with E-state index in [9.17, 15) is 9.59 Å². The molecule has 1 fully saturated rings. The molecule has 2 aliphatic heterocycles. The molecule has 2 heterocycles. The molecule has 1 aromatic carbocycles. The third kappa shape index (κ3) is 1.26. The summed E-state index contributed by atoms with van der Waals surface area (Å²) in [4.78, 5) is 25.7. The highest BCUT2D eigenvalue weighted by Gasteiger charge is 2.54. The molecule has 2 unspecified atom stereocenters. The van der Waals surface area contributed by atoms with E-state index in [1.54, 1.807) is 11.9 Å². The van der Waals surface area contributed by atoms with E-state index in [1.807, 2.05) is 31.2 Å². The molecule has 4 nitrogen and oxygen atoms in total. The second-order valence-electron chi connectivity index (χ2n) is 5.18. The number of fused-ring (bicyclic) bond motifs is 2. The van der Waals surface area contributed by atoms with E-state index in [0.717, 1.165) is 11.3 Å². The first-order valence-electron chi connectivity index (χ1n) is 6.10. The van der Waals surface area contributed by atoms with E-state index in [2.05, 4.69) is 0 Å². The van der Waals surface area contributed by atoms with Crippen molar-refractivity contribution in [2.75, 3.05) is 18.6 Å². The fraction of sp³-hybridized carbons (Fsp3) is 0.429. The molecule has 18 heavy (non-hydrogen) atoms. The lowest BCUT2D eigenvalue weighted by Crippen LogP contribution is -2.48. The Balaban J connectivity index is 2.12. The zero-order chi connectivity index (χ0) is 12.9. The quantitative estimate of drug-likeness (QED) is 0.650. The number of hydrogen-bond acceptors (Lipinski definition) is 3. The van der Waals surface area contributed by atoms with E-state index in [0.29, 0.717) is 6.42 Å². The van der Waals surface area contributed by atoms with Crippen LogP contribution in [0.25, 0.3) is 0 Å². The smallest absolute Gasteiger partial charge is 0.308 e. The Labute approximate surface area is 106 Å². The molecule has 0 saturated carbocycles. The van der Waals surface area contributed by atoms with Crippen molar-refractivity contribution < 1.29 is 14.3 Å². The predicted octanol–water partition coefficient (Wildman–Crippen LogP) is 1.48. The van der Waals surface area contributed by atoms with E-state index in [4.69, 9.17) is 4.74 Å². The number of rotatable bonds is 0. The van der Waals surface area contributed by atoms with Crippen LogP contribution in [0.2, 0.25) is 0 Å². The van der Waals surface area contributed by atoms with Gasteiger partial charge in [-0.2, -0.15) is 0 Å². The molecule has 0 bridgehead atoms. The van der Waals surface area contributed by atoms with Gasteiger partial charge in [-0.25, -0.2) is 0 Å². The van der Waals surface area contributed by atoms with E-state index >= 15 is 0 Å². The Bertz CT molecular complexity index is 540. The van der Waals surface area contributed by atoms with Gasteiger partial charge in [-0.3, -0.25) is 9.59 Å². The van der Waals surface area contributed by atoms with Crippen LogP contribution >= 0.6 is 0 Å². The maximum atomic E-state index is 12.5. The van der Waals surface area contributed by atoms with E-state index in [-0.39, 0.29) is 24.4 Å². The van der Waals surface area contributed by atoms with Gasteiger partial charge in [-0.15, -0.1) is 0 Å². The fourth-order valence-electron chi connectivity index (χ4n) is 3.05. The molecular formula is C14H15NO3. The van der Waals surface area contributed by atoms with Gasteiger partial charge in [0, 0.05) is 12.7 Å². The highest BCUT2D eigenvalue weighted by Crippen LogP contribution is 2.46. The molecule has 2 aliphatic rings. The number of carbonyl (C=O) groups excluding carboxylic acids is 2. The van der Waals surface area contributed by atoms with Crippen molar-refractivity contribution in [3.8, 4) is 0 Å². The lowest BCUT2D eigenvalue weighted by molar-refractivity contribution is -0.158. The van der Waals surface area contributed by atoms with Crippen LogP contribution in [-0.2, 0) is 19.7 Å². The second-order valence-corrected chi connectivity index (χ2v) is 5.18. The number of benzene rings is 1. The Kier molecular flexibility index (Phi) is 2.24. The highest BCUT2D eigenvalue weighted by atomic mass is 16.5. The molecule has 0 aliphatic carbocycles. The molecule has 0 aromatic heterocycles. The molecular weight excluding hydrogens is 230 g/mol. The third-order valence-corrected chi connectivity index (χ3v) is 4.01. The van der Waals surface area contributed by atoms with Crippen molar-refractivity contribution in [1.82, 2.24) is 0 Å². The third-order valence-electron chi connectivity index (χ3n) is 4.01. The van der Waals surface area contributed by atoms with Gasteiger partial charge in [0.15, 0.2) is 0 Å². The largest absolute Gasteiger partial charge is 0.464 e. The summed E-state index contributed by atoms with van der Waals surface area (Å²) in [5.41, 5.74) is 1.24. The zero-order valence-corrected chi connectivity index (χ0v) is 10.5. The lowest BCUT2D eigenvalue weighted by atomic mass is 9.74. The summed E-state index contributed by atoms with van der Waals surface area (Å²) >= 11 is 0. The van der Waals surface area contributed by atoms with Crippen molar-refractivity contribution >= 4 is 17.6 Å². The summed E-state index contributed by atoms with van der Waals surface area (Å²) < 4.78 is 5.22. The molecule has 3 rings (SSSR count). The maximum Gasteiger partial charge on any atom is 0.308 e. The first kappa shape index (κ1) is 11.3. The van der Waals surface area contributed by atoms with Crippen LogP contribution in [0, 0.1) is 5.92 Å². The van der Waals surface area contributed by atoms with Gasteiger partial charge in [-0.05, 0) is 18.1 Å². The number of anilines is 1. The normalized spacial score (nSPS) is 30.6. The maximum absolute atomic E-state index is 12.5. The topological polar surface area (TPSA) is 46.6 Å². The summed E-state index contributed by atoms with van der Waals surface area (Å²) in [5, 5.41) is 0. The Morgan fingerprint density at radius 3 is 2.78 bits per heavy atom. The molecule has 2 atom stereocenters. The minimum absolute atomic E-state index is 0.0306. The fourth-order valence-corrected chi connectivity index (χ4v) is 3.05. The molecule has 1 spiro atoms. The van der Waals surface area contributed by atoms with Crippen molar-refractivity contribution in [2.24, 2.45) is 5.92 Å². The summed E-state index contributed by atoms with van der Waals surface area (Å²) in [6.45, 7) is 1.98. The predicted molar refractivity (Wildman–Crippen MR) is 66.3 cm³/mol. The number of likely N-dealkylation sites (N-methyl/N-ethyl adjacent to an activating group) is 1. The van der Waals surface area contributed by atoms with Crippen LogP contribution in [-0.4, -0.2) is 25.5 Å². The number of nitrogens with zero attached hydrogens (tertiary/aromatic N) is 1. The number of amides is 1. The van der Waals surface area contributed by atoms with Crippen LogP contribution in [0.5, 0.6) is 0 Å². The Morgan fingerprint density at radius 2 is 2.06 bits per heavy atom. The molecule has 1 amide bonds. The van der Waals surface area contributed by atoms with Crippen LogP contribution < -0.4 is 4.90 Å². The van der Waals surface area contributed by atoms with E-state index < -0.39 is 5.41 Å². The molecule has 4 heteroatoms. The minimum atomic E-state index is -0.668. The number of esters is 1. The lowest BCUT2D eigenvalue weighted by Gasteiger charge is -2.34. The van der Waals surface area contributed by atoms with Gasteiger partial charge in [0.2, 0.25) is 5.91 Å². The molecule has 0 radical (unpaired) electrons. The standard InChI is InChI=1S/C14H15NO3/c1-9-7-14(8-18-12(9)16)10-5-3-4-6-11(10)15(2)13(14)17/h3-6,9H,7-8H2,1-2H3. The summed E-state index contributed by atoms with van der Waals surface area (Å²) in [5.74, 6) is -0.411. The van der Waals surface area contributed by atoms with Crippen LogP contribution in [0.4, 0.5) is 5.69 Å². The van der Waals surface area contributed by atoms with Crippen molar-refractivity contribution in [1.29, 1.82) is 0 Å². The molecule has 1 aromatic rings. The van der Waals surface area contributed by atoms with Crippen molar-refractivity contribution in [3.05, 3.63) is 29.8 Å². The van der Waals surface area contributed by atoms with Gasteiger partial charge in [0.05, 0.1) is 5.92 Å². The van der Waals surface area contributed by atoms with Crippen molar-refractivity contribution in [3.63, 3.8) is 0 Å². The Hall–Kier alpha value is -1.84. The van der Waals surface area contributed by atoms with Crippen LogP contribution in [0.15, 0.2) is 24.3 Å². The first-order valence-corrected chi connectivity index (χ1v) is 6.10. The SMILES string of the molecule is CC1CC2(COC1=O)C(=O)N(C)c1ccccc12. The summed E-state index contributed by atoms with van der Waals surface area (Å²) in [6, 6.07) is 7.74. The summed E-state index contributed by atoms with van der Waals surface area (Å²) in [6.07, 6.45) is 0.534. The minimum Gasteiger partial charge on any atom is -0.464 e. The van der Waals surface area contributed by atoms with Gasteiger partial charge in [0.1, 0.15) is 12.0 Å². The van der Waals surface area contributed by atoms with Gasteiger partial charge < -0.3 is 9.64 Å².